The van der Waals surface area contributed by atoms with E-state index in [1.807, 2.05) is 0 Å². The monoisotopic (exact) mass is 308 g/mol. The molecule has 0 radical (unpaired) electrons. The molecule has 0 saturated heterocycles. The zero-order valence-corrected chi connectivity index (χ0v) is 12.0. The number of sulfonamides is 1. The molecule has 0 aliphatic heterocycles. The van der Waals surface area contributed by atoms with Crippen molar-refractivity contribution >= 4 is 26.8 Å². The summed E-state index contributed by atoms with van der Waals surface area (Å²) in [7, 11) is -2.03. The Morgan fingerprint density at radius 3 is 2.58 bits per heavy atom. The molecule has 0 aliphatic rings. The van der Waals surface area contributed by atoms with Crippen molar-refractivity contribution in [2.24, 2.45) is 0 Å². The predicted molar refractivity (Wildman–Crippen MR) is 69.5 cm³/mol. The Bertz CT molecular complexity index is 557. The number of ether oxygens (including phenoxy) is 2. The Kier molecular flexibility index (Phi) is 5.73. The summed E-state index contributed by atoms with van der Waals surface area (Å²) in [6.45, 7) is 0.544. The third-order valence-corrected chi connectivity index (χ3v) is 3.21. The minimum atomic E-state index is -3.53. The molecule has 19 heavy (non-hydrogen) atoms. The number of anilines is 1. The highest BCUT2D eigenvalue weighted by molar-refractivity contribution is 7.92. The zero-order valence-electron chi connectivity index (χ0n) is 10.4. The van der Waals surface area contributed by atoms with Crippen LogP contribution in [0.2, 0.25) is 0 Å². The van der Waals surface area contributed by atoms with Crippen molar-refractivity contribution in [3.63, 3.8) is 0 Å². The average Bonchev–Trinajstić information content (AvgIpc) is 2.29. The van der Waals surface area contributed by atoms with Crippen LogP contribution >= 0.6 is 0 Å². The van der Waals surface area contributed by atoms with Crippen LogP contribution in [-0.4, -0.2) is 43.8 Å². The number of hydrogen-bond donors (Lipinski definition) is 1. The lowest BCUT2D eigenvalue weighted by atomic mass is 10.3. The van der Waals surface area contributed by atoms with Gasteiger partial charge in [0.05, 0.1) is 18.6 Å². The van der Waals surface area contributed by atoms with Gasteiger partial charge in [0, 0.05) is 12.0 Å². The van der Waals surface area contributed by atoms with Crippen LogP contribution in [0.3, 0.4) is 0 Å². The van der Waals surface area contributed by atoms with Crippen LogP contribution in [0.25, 0.3) is 0 Å². The Morgan fingerprint density at radius 2 is 2.05 bits per heavy atom. The second-order valence-electron chi connectivity index (χ2n) is 3.61. The van der Waals surface area contributed by atoms with Crippen LogP contribution in [0.1, 0.15) is 0 Å². The van der Waals surface area contributed by atoms with Gasteiger partial charge in [-0.1, -0.05) is 0 Å². The lowest BCUT2D eigenvalue weighted by Crippen LogP contribution is -2.12. The van der Waals surface area contributed by atoms with Gasteiger partial charge in [-0.05, 0) is 29.3 Å². The lowest BCUT2D eigenvalue weighted by Gasteiger charge is -2.14. The number of nitrogens with one attached hydrogen (secondary N) is 1. The molecule has 0 bridgehead atoms. The van der Waals surface area contributed by atoms with Crippen LogP contribution in [0.15, 0.2) is 23.1 Å². The van der Waals surface area contributed by atoms with E-state index in [1.54, 1.807) is 0 Å². The van der Waals surface area contributed by atoms with E-state index in [4.69, 9.17) is 9.47 Å². The van der Waals surface area contributed by atoms with E-state index in [9.17, 15) is 17.2 Å². The van der Waals surface area contributed by atoms with E-state index in [-0.39, 0.29) is 22.9 Å². The Morgan fingerprint density at radius 1 is 1.37 bits per heavy atom. The molecule has 0 heterocycles. The summed E-state index contributed by atoms with van der Waals surface area (Å²) in [5.41, 5.74) is 0.0697. The highest BCUT2D eigenvalue weighted by Gasteiger charge is 2.10. The summed E-state index contributed by atoms with van der Waals surface area (Å²) >= 11 is -2.45. The van der Waals surface area contributed by atoms with Gasteiger partial charge in [0.1, 0.15) is 12.4 Å². The lowest BCUT2D eigenvalue weighted by molar-refractivity contribution is 0.146. The van der Waals surface area contributed by atoms with Crippen LogP contribution in [0.4, 0.5) is 5.69 Å². The van der Waals surface area contributed by atoms with Crippen molar-refractivity contribution in [1.82, 2.24) is 0 Å². The van der Waals surface area contributed by atoms with Gasteiger partial charge >= 0.3 is 0 Å². The molecule has 0 aromatic heterocycles. The fourth-order valence-electron chi connectivity index (χ4n) is 1.25. The van der Waals surface area contributed by atoms with E-state index in [1.165, 1.54) is 25.3 Å². The van der Waals surface area contributed by atoms with Crippen LogP contribution in [-0.2, 0) is 25.8 Å². The topological polar surface area (TPSA) is 105 Å². The third-order valence-electron chi connectivity index (χ3n) is 1.98. The quantitative estimate of drug-likeness (QED) is 0.574. The van der Waals surface area contributed by atoms with Gasteiger partial charge in [-0.15, -0.1) is 0 Å². The molecule has 0 fully saturated rings. The van der Waals surface area contributed by atoms with Crippen LogP contribution in [0, 0.1) is 0 Å². The average molecular weight is 308 g/mol. The Labute approximate surface area is 114 Å². The maximum Gasteiger partial charge on any atom is 0.229 e. The maximum absolute atomic E-state index is 11.2. The molecule has 1 N–H and O–H groups in total. The summed E-state index contributed by atoms with van der Waals surface area (Å²) in [5, 5.41) is 0. The minimum Gasteiger partial charge on any atom is -0.768 e. The molecule has 1 rings (SSSR count). The normalized spacial score (nSPS) is 13.0. The third kappa shape index (κ3) is 5.55. The number of hydrogen-bond acceptors (Lipinski definition) is 6. The minimum absolute atomic E-state index is 0.0368. The molecule has 0 amide bonds. The molecule has 7 nitrogen and oxygen atoms in total. The summed E-state index contributed by atoms with van der Waals surface area (Å²) in [6, 6.07) is 3.89. The largest absolute Gasteiger partial charge is 0.768 e. The highest BCUT2D eigenvalue weighted by Crippen LogP contribution is 2.27. The molecule has 9 heteroatoms. The Hall–Kier alpha value is -1.16. The SMILES string of the molecule is COCCOc1ccc(S(=O)[O-])cc1NS(C)(=O)=O. The van der Waals surface area contributed by atoms with Crippen molar-refractivity contribution in [2.45, 2.75) is 4.90 Å². The molecule has 0 saturated carbocycles. The molecule has 0 aliphatic carbocycles. The Balaban J connectivity index is 3.04. The fourth-order valence-corrected chi connectivity index (χ4v) is 2.21. The molecular weight excluding hydrogens is 294 g/mol. The van der Waals surface area contributed by atoms with E-state index in [0.717, 1.165) is 6.26 Å². The van der Waals surface area contributed by atoms with Crippen molar-refractivity contribution in [2.75, 3.05) is 31.3 Å². The summed E-state index contributed by atoms with van der Waals surface area (Å²) in [5.74, 6) is 0.233. The van der Waals surface area contributed by atoms with Crippen LogP contribution < -0.4 is 9.46 Å². The van der Waals surface area contributed by atoms with Crippen LogP contribution in [0.5, 0.6) is 5.75 Å². The van der Waals surface area contributed by atoms with Crippen molar-refractivity contribution in [3.05, 3.63) is 18.2 Å². The predicted octanol–water partition coefficient (Wildman–Crippen LogP) is 0.321. The van der Waals surface area contributed by atoms with Gasteiger partial charge in [-0.2, -0.15) is 0 Å². The van der Waals surface area contributed by atoms with E-state index in [0.29, 0.717) is 6.61 Å². The fraction of sp³-hybridized carbons (Fsp3) is 0.400. The first-order valence-electron chi connectivity index (χ1n) is 5.16. The first-order valence-corrected chi connectivity index (χ1v) is 8.13. The highest BCUT2D eigenvalue weighted by atomic mass is 32.2. The number of methoxy groups -OCH3 is 1. The van der Waals surface area contributed by atoms with Gasteiger partial charge in [0.25, 0.3) is 0 Å². The molecular formula is C10H14NO6S2-. The number of rotatable bonds is 7. The molecule has 1 atom stereocenters. The van der Waals surface area contributed by atoms with Gasteiger partial charge < -0.3 is 14.0 Å². The van der Waals surface area contributed by atoms with Crippen molar-refractivity contribution < 1.29 is 26.7 Å². The summed E-state index contributed by atoms with van der Waals surface area (Å²) in [4.78, 5) is -0.0368. The second-order valence-corrected chi connectivity index (χ2v) is 6.30. The van der Waals surface area contributed by atoms with Crippen molar-refractivity contribution in [1.29, 1.82) is 0 Å². The van der Waals surface area contributed by atoms with Gasteiger partial charge in [0.15, 0.2) is 0 Å². The number of benzene rings is 1. The molecule has 1 aromatic rings. The smallest absolute Gasteiger partial charge is 0.229 e. The van der Waals surface area contributed by atoms with Gasteiger partial charge in [-0.3, -0.25) is 8.93 Å². The second kappa shape index (κ2) is 6.85. The van der Waals surface area contributed by atoms with Crippen molar-refractivity contribution in [3.8, 4) is 5.75 Å². The van der Waals surface area contributed by atoms with E-state index in [2.05, 4.69) is 4.72 Å². The zero-order chi connectivity index (χ0) is 14.5. The molecule has 1 aromatic carbocycles. The van der Waals surface area contributed by atoms with E-state index < -0.39 is 21.1 Å². The first-order chi connectivity index (χ1) is 8.83. The first kappa shape index (κ1) is 15.9. The summed E-state index contributed by atoms with van der Waals surface area (Å²) < 4.78 is 56.5. The van der Waals surface area contributed by atoms with E-state index >= 15 is 0 Å². The van der Waals surface area contributed by atoms with Gasteiger partial charge in [-0.25, -0.2) is 8.42 Å². The molecule has 1 unspecified atom stereocenters. The molecule has 0 spiro atoms. The maximum atomic E-state index is 11.2. The standard InChI is InChI=1S/C10H15NO6S2/c1-16-5-6-17-10-4-3-8(18(12)13)7-9(10)11-19(2,14)15/h3-4,7,11H,5-6H2,1-2H3,(H,12,13)/p-1. The summed E-state index contributed by atoms with van der Waals surface area (Å²) in [6.07, 6.45) is 0.965. The van der Waals surface area contributed by atoms with Gasteiger partial charge in [0.2, 0.25) is 10.0 Å². The molecule has 108 valence electrons.